The first-order valence-corrected chi connectivity index (χ1v) is 5.06. The molecule has 1 heterocycles. The fourth-order valence-electron chi connectivity index (χ4n) is 1.54. The van der Waals surface area contributed by atoms with Gasteiger partial charge in [0, 0.05) is 0 Å². The Labute approximate surface area is 95.8 Å². The molecule has 0 spiro atoms. The number of nitrogens with one attached hydrogen (secondary N) is 1. The van der Waals surface area contributed by atoms with E-state index in [1.54, 1.807) is 24.3 Å². The summed E-state index contributed by atoms with van der Waals surface area (Å²) in [5.41, 5.74) is -0.870. The summed E-state index contributed by atoms with van der Waals surface area (Å²) < 4.78 is 27.2. The summed E-state index contributed by atoms with van der Waals surface area (Å²) in [5, 5.41) is 0. The molecule has 0 aliphatic rings. The number of aromatic amines is 1. The molecular weight excluding hydrogens is 226 g/mol. The highest BCUT2D eigenvalue weighted by Gasteiger charge is 2.33. The van der Waals surface area contributed by atoms with Gasteiger partial charge in [-0.25, -0.2) is 4.98 Å². The number of aromatic nitrogens is 2. The Bertz CT molecular complexity index is 632. The largest absolute Gasteiger partial charge is 0.319 e. The van der Waals surface area contributed by atoms with Crippen LogP contribution in [0.5, 0.6) is 0 Å². The number of hydrogen-bond acceptors (Lipinski definition) is 2. The van der Waals surface area contributed by atoms with E-state index < -0.39 is 17.2 Å². The smallest absolute Gasteiger partial charge is 0.313 e. The van der Waals surface area contributed by atoms with Crippen molar-refractivity contribution in [2.75, 3.05) is 0 Å². The van der Waals surface area contributed by atoms with Gasteiger partial charge < -0.3 is 4.98 Å². The fourth-order valence-corrected chi connectivity index (χ4v) is 1.54. The molecule has 88 valence electrons. The highest BCUT2D eigenvalue weighted by atomic mass is 19.3. The van der Waals surface area contributed by atoms with Crippen LogP contribution in [0.4, 0.5) is 8.78 Å². The first kappa shape index (κ1) is 11.4. The van der Waals surface area contributed by atoms with Crippen LogP contribution in [0.15, 0.2) is 41.2 Å². The highest BCUT2D eigenvalue weighted by molar-refractivity contribution is 5.73. The van der Waals surface area contributed by atoms with Crippen LogP contribution in [-0.4, -0.2) is 9.97 Å². The lowest BCUT2D eigenvalue weighted by Gasteiger charge is -2.10. The van der Waals surface area contributed by atoms with E-state index >= 15 is 0 Å². The average Bonchev–Trinajstić information content (AvgIpc) is 2.27. The SMILES string of the molecule is C/C=C/C(F)(F)c1nc2ccccc2[nH]c1=O. The van der Waals surface area contributed by atoms with E-state index in [0.717, 1.165) is 0 Å². The zero-order chi connectivity index (χ0) is 12.5. The molecule has 0 saturated heterocycles. The third-order valence-corrected chi connectivity index (χ3v) is 2.29. The zero-order valence-electron chi connectivity index (χ0n) is 9.08. The molecule has 1 aromatic carbocycles. The molecule has 0 aliphatic heterocycles. The van der Waals surface area contributed by atoms with E-state index in [1.807, 2.05) is 0 Å². The van der Waals surface area contributed by atoms with Crippen molar-refractivity contribution in [1.29, 1.82) is 0 Å². The van der Waals surface area contributed by atoms with E-state index in [-0.39, 0.29) is 0 Å². The molecule has 2 rings (SSSR count). The molecule has 3 nitrogen and oxygen atoms in total. The minimum atomic E-state index is -3.35. The molecule has 2 aromatic rings. The number of benzene rings is 1. The van der Waals surface area contributed by atoms with Crippen LogP contribution in [0.25, 0.3) is 11.0 Å². The van der Waals surface area contributed by atoms with Crippen molar-refractivity contribution >= 4 is 11.0 Å². The van der Waals surface area contributed by atoms with E-state index in [9.17, 15) is 13.6 Å². The van der Waals surface area contributed by atoms with E-state index in [0.29, 0.717) is 17.1 Å². The minimum Gasteiger partial charge on any atom is -0.319 e. The number of halogens is 2. The third-order valence-electron chi connectivity index (χ3n) is 2.29. The second-order valence-corrected chi connectivity index (χ2v) is 3.55. The van der Waals surface area contributed by atoms with Crippen molar-refractivity contribution in [3.63, 3.8) is 0 Å². The van der Waals surface area contributed by atoms with Crippen LogP contribution < -0.4 is 5.56 Å². The monoisotopic (exact) mass is 236 g/mol. The zero-order valence-corrected chi connectivity index (χ0v) is 9.08. The van der Waals surface area contributed by atoms with E-state index in [1.165, 1.54) is 13.0 Å². The number of alkyl halides is 2. The molecule has 0 amide bonds. The minimum absolute atomic E-state index is 0.339. The molecular formula is C12H10F2N2O. The van der Waals surface area contributed by atoms with Gasteiger partial charge in [0.05, 0.1) is 11.0 Å². The first-order chi connectivity index (χ1) is 8.04. The molecule has 0 bridgehead atoms. The maximum atomic E-state index is 13.6. The summed E-state index contributed by atoms with van der Waals surface area (Å²) in [4.78, 5) is 17.6. The average molecular weight is 236 g/mol. The molecule has 0 radical (unpaired) electrons. The highest BCUT2D eigenvalue weighted by Crippen LogP contribution is 2.25. The van der Waals surface area contributed by atoms with Gasteiger partial charge in [0.2, 0.25) is 0 Å². The first-order valence-electron chi connectivity index (χ1n) is 5.06. The predicted octanol–water partition coefficient (Wildman–Crippen LogP) is 2.59. The standard InChI is InChI=1S/C12H10F2N2O/c1-2-7-12(13,14)10-11(17)16-9-6-4-3-5-8(9)15-10/h2-7H,1H3,(H,16,17)/b7-2+. The van der Waals surface area contributed by atoms with Crippen molar-refractivity contribution in [2.24, 2.45) is 0 Å². The number of rotatable bonds is 2. The molecule has 1 N–H and O–H groups in total. The number of para-hydroxylation sites is 2. The topological polar surface area (TPSA) is 45.8 Å². The predicted molar refractivity (Wildman–Crippen MR) is 61.1 cm³/mol. The van der Waals surface area contributed by atoms with Crippen LogP contribution in [0.3, 0.4) is 0 Å². The summed E-state index contributed by atoms with van der Waals surface area (Å²) >= 11 is 0. The Balaban J connectivity index is 2.71. The van der Waals surface area contributed by atoms with Gasteiger partial charge in [0.15, 0.2) is 5.69 Å². The van der Waals surface area contributed by atoms with Gasteiger partial charge in [0.25, 0.3) is 5.56 Å². The Morgan fingerprint density at radius 2 is 2.06 bits per heavy atom. The lowest BCUT2D eigenvalue weighted by molar-refractivity contribution is 0.0457. The van der Waals surface area contributed by atoms with Crippen LogP contribution in [0.2, 0.25) is 0 Å². The molecule has 17 heavy (non-hydrogen) atoms. The lowest BCUT2D eigenvalue weighted by Crippen LogP contribution is -2.25. The van der Waals surface area contributed by atoms with E-state index in [4.69, 9.17) is 0 Å². The van der Waals surface area contributed by atoms with Gasteiger partial charge in [-0.05, 0) is 25.1 Å². The van der Waals surface area contributed by atoms with Gasteiger partial charge in [-0.15, -0.1) is 0 Å². The second-order valence-electron chi connectivity index (χ2n) is 3.55. The Hall–Kier alpha value is -2.04. The summed E-state index contributed by atoms with van der Waals surface area (Å²) in [5.74, 6) is -3.35. The van der Waals surface area contributed by atoms with Crippen molar-refractivity contribution in [1.82, 2.24) is 9.97 Å². The van der Waals surface area contributed by atoms with Crippen LogP contribution in [-0.2, 0) is 5.92 Å². The number of allylic oxidation sites excluding steroid dienone is 2. The van der Waals surface area contributed by atoms with Gasteiger partial charge in [-0.2, -0.15) is 8.78 Å². The van der Waals surface area contributed by atoms with Gasteiger partial charge >= 0.3 is 5.92 Å². The molecule has 0 saturated carbocycles. The number of H-pyrrole nitrogens is 1. The summed E-state index contributed by atoms with van der Waals surface area (Å²) in [6.45, 7) is 1.46. The molecule has 0 fully saturated rings. The second kappa shape index (κ2) is 4.08. The number of nitrogens with zero attached hydrogens (tertiary/aromatic N) is 1. The van der Waals surface area contributed by atoms with Crippen LogP contribution in [0, 0.1) is 0 Å². The van der Waals surface area contributed by atoms with Gasteiger partial charge in [-0.3, -0.25) is 4.79 Å². The maximum Gasteiger partial charge on any atom is 0.313 e. The lowest BCUT2D eigenvalue weighted by atomic mass is 10.2. The van der Waals surface area contributed by atoms with Crippen molar-refractivity contribution < 1.29 is 8.78 Å². The Morgan fingerprint density at radius 1 is 1.35 bits per heavy atom. The van der Waals surface area contributed by atoms with Crippen molar-refractivity contribution in [3.8, 4) is 0 Å². The van der Waals surface area contributed by atoms with E-state index in [2.05, 4.69) is 9.97 Å². The number of hydrogen-bond donors (Lipinski definition) is 1. The van der Waals surface area contributed by atoms with Crippen molar-refractivity contribution in [3.05, 3.63) is 52.5 Å². The summed E-state index contributed by atoms with van der Waals surface area (Å²) in [6, 6.07) is 6.55. The summed E-state index contributed by atoms with van der Waals surface area (Å²) in [7, 11) is 0. The summed E-state index contributed by atoms with van der Waals surface area (Å²) in [6.07, 6.45) is 1.84. The number of fused-ring (bicyclic) bond motifs is 1. The Kier molecular flexibility index (Phi) is 2.75. The molecule has 0 atom stereocenters. The Morgan fingerprint density at radius 3 is 2.76 bits per heavy atom. The fraction of sp³-hybridized carbons (Fsp3) is 0.167. The molecule has 1 aromatic heterocycles. The molecule has 5 heteroatoms. The van der Waals surface area contributed by atoms with Gasteiger partial charge in [0.1, 0.15) is 0 Å². The quantitative estimate of drug-likeness (QED) is 0.814. The van der Waals surface area contributed by atoms with Crippen molar-refractivity contribution in [2.45, 2.75) is 12.8 Å². The van der Waals surface area contributed by atoms with Crippen LogP contribution in [0.1, 0.15) is 12.6 Å². The maximum absolute atomic E-state index is 13.6. The van der Waals surface area contributed by atoms with Gasteiger partial charge in [-0.1, -0.05) is 18.2 Å². The van der Waals surface area contributed by atoms with Crippen LogP contribution >= 0.6 is 0 Å². The third kappa shape index (κ3) is 2.08. The normalized spacial score (nSPS) is 12.4. The molecule has 0 aliphatic carbocycles. The molecule has 0 unspecified atom stereocenters.